The van der Waals surface area contributed by atoms with Crippen molar-refractivity contribution in [3.8, 4) is 0 Å². The fourth-order valence-corrected chi connectivity index (χ4v) is 3.32. The van der Waals surface area contributed by atoms with Crippen LogP contribution in [-0.4, -0.2) is 30.6 Å². The summed E-state index contributed by atoms with van der Waals surface area (Å²) in [7, 11) is -4.48. The average molecular weight is 330 g/mol. The predicted molar refractivity (Wildman–Crippen MR) is 77.1 cm³/mol. The van der Waals surface area contributed by atoms with Crippen LogP contribution in [0.3, 0.4) is 0 Å². The Morgan fingerprint density at radius 2 is 1.95 bits per heavy atom. The van der Waals surface area contributed by atoms with E-state index in [1.165, 1.54) is 0 Å². The SMILES string of the molecule is Cc1cc2c(c(C)c1CCOS(=O)(=O)O)C(=O)[C@@H](C)[C@@H]2OO. The van der Waals surface area contributed by atoms with Gasteiger partial charge in [0.15, 0.2) is 5.78 Å². The Morgan fingerprint density at radius 1 is 1.32 bits per heavy atom. The van der Waals surface area contributed by atoms with Gasteiger partial charge in [-0.1, -0.05) is 13.0 Å². The van der Waals surface area contributed by atoms with Crippen molar-refractivity contribution in [3.05, 3.63) is 33.9 Å². The Labute approximate surface area is 128 Å². The standard InChI is InChI=1S/C14H18O7S/c1-7-6-11-12(13(15)9(3)14(11)21-16)8(2)10(7)4-5-20-22(17,18)19/h6,9,14,16H,4-5H2,1-3H3,(H,17,18,19)/t9-,14+/m1/s1. The number of ketones is 1. The van der Waals surface area contributed by atoms with E-state index >= 15 is 0 Å². The third kappa shape index (κ3) is 3.06. The molecule has 7 nitrogen and oxygen atoms in total. The zero-order valence-corrected chi connectivity index (χ0v) is 13.3. The third-order valence-corrected chi connectivity index (χ3v) is 4.55. The van der Waals surface area contributed by atoms with Gasteiger partial charge in [0.2, 0.25) is 0 Å². The molecule has 0 aliphatic heterocycles. The van der Waals surface area contributed by atoms with Gasteiger partial charge in [-0.25, -0.2) is 9.07 Å². The summed E-state index contributed by atoms with van der Waals surface area (Å²) >= 11 is 0. The average Bonchev–Trinajstić information content (AvgIpc) is 2.64. The maximum atomic E-state index is 12.3. The normalized spacial score (nSPS) is 21.2. The summed E-state index contributed by atoms with van der Waals surface area (Å²) in [6.07, 6.45) is -0.458. The molecule has 0 saturated carbocycles. The second kappa shape index (κ2) is 6.05. The molecule has 0 unspecified atom stereocenters. The summed E-state index contributed by atoms with van der Waals surface area (Å²) in [6, 6.07) is 1.76. The van der Waals surface area contributed by atoms with Crippen molar-refractivity contribution in [2.75, 3.05) is 6.61 Å². The van der Waals surface area contributed by atoms with Gasteiger partial charge in [0.25, 0.3) is 0 Å². The highest BCUT2D eigenvalue weighted by atomic mass is 32.3. The van der Waals surface area contributed by atoms with Gasteiger partial charge in [-0.3, -0.25) is 14.6 Å². The highest BCUT2D eigenvalue weighted by molar-refractivity contribution is 7.80. The van der Waals surface area contributed by atoms with Gasteiger partial charge in [0, 0.05) is 5.56 Å². The molecule has 1 aromatic carbocycles. The summed E-state index contributed by atoms with van der Waals surface area (Å²) in [5, 5.41) is 9.02. The molecule has 0 saturated heterocycles. The number of carbonyl (C=O) groups excluding carboxylic acids is 1. The highest BCUT2D eigenvalue weighted by Gasteiger charge is 2.40. The minimum Gasteiger partial charge on any atom is -0.294 e. The number of aryl methyl sites for hydroxylation is 1. The monoisotopic (exact) mass is 330 g/mol. The Bertz CT molecular complexity index is 708. The molecule has 1 aromatic rings. The van der Waals surface area contributed by atoms with Gasteiger partial charge in [-0.05, 0) is 42.5 Å². The topological polar surface area (TPSA) is 110 Å². The Kier molecular flexibility index (Phi) is 4.69. The smallest absolute Gasteiger partial charge is 0.294 e. The largest absolute Gasteiger partial charge is 0.397 e. The maximum absolute atomic E-state index is 12.3. The molecule has 0 amide bonds. The molecule has 122 valence electrons. The van der Waals surface area contributed by atoms with E-state index in [9.17, 15) is 13.2 Å². The molecule has 0 fully saturated rings. The molecule has 0 heterocycles. The lowest BCUT2D eigenvalue weighted by Gasteiger charge is -2.15. The fraction of sp³-hybridized carbons (Fsp3) is 0.500. The molecule has 1 aliphatic carbocycles. The first kappa shape index (κ1) is 17.0. The zero-order valence-electron chi connectivity index (χ0n) is 12.5. The van der Waals surface area contributed by atoms with E-state index in [-0.39, 0.29) is 18.8 Å². The summed E-state index contributed by atoms with van der Waals surface area (Å²) in [4.78, 5) is 16.8. The van der Waals surface area contributed by atoms with Crippen LogP contribution in [0.5, 0.6) is 0 Å². The van der Waals surface area contributed by atoms with E-state index in [0.29, 0.717) is 16.7 Å². The van der Waals surface area contributed by atoms with Gasteiger partial charge in [-0.2, -0.15) is 8.42 Å². The molecule has 22 heavy (non-hydrogen) atoms. The molecule has 0 aromatic heterocycles. The van der Waals surface area contributed by atoms with E-state index in [4.69, 9.17) is 9.81 Å². The highest BCUT2D eigenvalue weighted by Crippen LogP contribution is 2.41. The lowest BCUT2D eigenvalue weighted by molar-refractivity contribution is -0.287. The number of benzene rings is 1. The first-order chi connectivity index (χ1) is 10.2. The summed E-state index contributed by atoms with van der Waals surface area (Å²) in [5.74, 6) is -0.606. The van der Waals surface area contributed by atoms with E-state index < -0.39 is 22.4 Å². The first-order valence-corrected chi connectivity index (χ1v) is 8.13. The van der Waals surface area contributed by atoms with Crippen molar-refractivity contribution in [3.63, 3.8) is 0 Å². The van der Waals surface area contributed by atoms with Crippen molar-refractivity contribution in [1.82, 2.24) is 0 Å². The Hall–Kier alpha value is -1.32. The van der Waals surface area contributed by atoms with Crippen molar-refractivity contribution < 1.29 is 32.1 Å². The Morgan fingerprint density at radius 3 is 2.50 bits per heavy atom. The molecular formula is C14H18O7S. The molecule has 1 aliphatic rings. The number of fused-ring (bicyclic) bond motifs is 1. The van der Waals surface area contributed by atoms with Crippen LogP contribution in [0, 0.1) is 19.8 Å². The summed E-state index contributed by atoms with van der Waals surface area (Å²) in [5.41, 5.74) is 3.46. The van der Waals surface area contributed by atoms with Crippen molar-refractivity contribution in [1.29, 1.82) is 0 Å². The van der Waals surface area contributed by atoms with Gasteiger partial charge < -0.3 is 0 Å². The molecule has 2 N–H and O–H groups in total. The number of rotatable bonds is 5. The number of Topliss-reactive ketones (excluding diaryl/α,β-unsaturated/α-hetero) is 1. The second-order valence-electron chi connectivity index (χ2n) is 5.44. The van der Waals surface area contributed by atoms with Crippen LogP contribution < -0.4 is 0 Å². The second-order valence-corrected chi connectivity index (χ2v) is 6.53. The van der Waals surface area contributed by atoms with Crippen molar-refractivity contribution >= 4 is 16.2 Å². The lowest BCUT2D eigenvalue weighted by atomic mass is 9.92. The van der Waals surface area contributed by atoms with E-state index in [0.717, 1.165) is 11.1 Å². The number of carbonyl (C=O) groups is 1. The fourth-order valence-electron chi connectivity index (χ4n) is 3.02. The van der Waals surface area contributed by atoms with Crippen molar-refractivity contribution in [2.24, 2.45) is 5.92 Å². The predicted octanol–water partition coefficient (Wildman–Crippen LogP) is 2.03. The van der Waals surface area contributed by atoms with Gasteiger partial charge in [0.1, 0.15) is 6.10 Å². The lowest BCUT2D eigenvalue weighted by Crippen LogP contribution is -2.11. The van der Waals surface area contributed by atoms with Crippen LogP contribution in [0.4, 0.5) is 0 Å². The zero-order chi connectivity index (χ0) is 16.7. The van der Waals surface area contributed by atoms with Crippen LogP contribution >= 0.6 is 0 Å². The van der Waals surface area contributed by atoms with Crippen LogP contribution in [0.15, 0.2) is 6.07 Å². The van der Waals surface area contributed by atoms with E-state index in [1.807, 2.05) is 6.92 Å². The maximum Gasteiger partial charge on any atom is 0.397 e. The molecular weight excluding hydrogens is 312 g/mol. The van der Waals surface area contributed by atoms with E-state index in [1.54, 1.807) is 19.9 Å². The molecule has 0 bridgehead atoms. The minimum atomic E-state index is -4.48. The van der Waals surface area contributed by atoms with Crippen LogP contribution in [-0.2, 0) is 25.9 Å². The molecule has 2 atom stereocenters. The first-order valence-electron chi connectivity index (χ1n) is 6.76. The van der Waals surface area contributed by atoms with Crippen molar-refractivity contribution in [2.45, 2.75) is 33.3 Å². The van der Waals surface area contributed by atoms with Crippen LogP contribution in [0.2, 0.25) is 0 Å². The quantitative estimate of drug-likeness (QED) is 0.483. The number of hydrogen-bond donors (Lipinski definition) is 2. The minimum absolute atomic E-state index is 0.122. The number of hydrogen-bond acceptors (Lipinski definition) is 6. The molecule has 0 radical (unpaired) electrons. The molecule has 8 heteroatoms. The summed E-state index contributed by atoms with van der Waals surface area (Å²) in [6.45, 7) is 5.04. The van der Waals surface area contributed by atoms with Crippen LogP contribution in [0.1, 0.15) is 45.6 Å². The molecule has 0 spiro atoms. The molecule has 2 rings (SSSR count). The summed E-state index contributed by atoms with van der Waals surface area (Å²) < 4.78 is 34.1. The van der Waals surface area contributed by atoms with Gasteiger partial charge in [0.05, 0.1) is 12.5 Å². The van der Waals surface area contributed by atoms with Gasteiger partial charge in [-0.15, -0.1) is 0 Å². The van der Waals surface area contributed by atoms with Gasteiger partial charge >= 0.3 is 10.4 Å². The third-order valence-electron chi connectivity index (χ3n) is 4.08. The van der Waals surface area contributed by atoms with Crippen LogP contribution in [0.25, 0.3) is 0 Å². The Balaban J connectivity index is 2.38. The van der Waals surface area contributed by atoms with E-state index in [2.05, 4.69) is 9.07 Å².